The van der Waals surface area contributed by atoms with Crippen molar-refractivity contribution in [3.8, 4) is 0 Å². The van der Waals surface area contributed by atoms with Crippen LogP contribution in [0.4, 0.5) is 0 Å². The molecule has 3 rings (SSSR count). The summed E-state index contributed by atoms with van der Waals surface area (Å²) in [6, 6.07) is 9.12. The summed E-state index contributed by atoms with van der Waals surface area (Å²) in [4.78, 5) is 25.4. The van der Waals surface area contributed by atoms with Crippen LogP contribution in [-0.4, -0.2) is 21.5 Å². The largest absolute Gasteiger partial charge is 0.294 e. The highest BCUT2D eigenvalue weighted by atomic mass is 16.2. The summed E-state index contributed by atoms with van der Waals surface area (Å²) in [7, 11) is 0. The maximum Gasteiger partial charge on any atom is 0.278 e. The van der Waals surface area contributed by atoms with Crippen LogP contribution >= 0.6 is 0 Å². The number of fused-ring (bicyclic) bond motifs is 1. The number of rotatable bonds is 3. The molecule has 0 amide bonds. The molecule has 0 bridgehead atoms. The van der Waals surface area contributed by atoms with Gasteiger partial charge in [0.2, 0.25) is 0 Å². The predicted molar refractivity (Wildman–Crippen MR) is 88.8 cm³/mol. The fourth-order valence-corrected chi connectivity index (χ4v) is 3.31. The first kappa shape index (κ1) is 15.7. The summed E-state index contributed by atoms with van der Waals surface area (Å²) in [6.45, 7) is 6.19. The second-order valence-electron chi connectivity index (χ2n) is 7.04. The zero-order chi connectivity index (χ0) is 16.6. The third-order valence-corrected chi connectivity index (χ3v) is 4.32. The van der Waals surface area contributed by atoms with Gasteiger partial charge in [0.25, 0.3) is 5.91 Å². The van der Waals surface area contributed by atoms with E-state index in [1.165, 1.54) is 4.68 Å². The van der Waals surface area contributed by atoms with Crippen molar-refractivity contribution in [1.82, 2.24) is 9.78 Å². The van der Waals surface area contributed by atoms with Gasteiger partial charge in [0.05, 0.1) is 17.0 Å². The molecule has 0 N–H and O–H groups in total. The summed E-state index contributed by atoms with van der Waals surface area (Å²) in [5.74, 6) is -0.0403. The minimum atomic E-state index is -0.158. The van der Waals surface area contributed by atoms with E-state index in [4.69, 9.17) is 0 Å². The van der Waals surface area contributed by atoms with E-state index in [2.05, 4.69) is 25.9 Å². The number of aryl methyl sites for hydroxylation is 1. The number of aromatic nitrogens is 2. The maximum absolute atomic E-state index is 12.8. The van der Waals surface area contributed by atoms with Gasteiger partial charge >= 0.3 is 0 Å². The lowest BCUT2D eigenvalue weighted by Crippen LogP contribution is -2.30. The van der Waals surface area contributed by atoms with E-state index in [1.54, 1.807) is 12.1 Å². The van der Waals surface area contributed by atoms with Crippen LogP contribution in [0.25, 0.3) is 0 Å². The zero-order valence-electron chi connectivity index (χ0n) is 13.9. The smallest absolute Gasteiger partial charge is 0.278 e. The molecule has 1 heterocycles. The van der Waals surface area contributed by atoms with Crippen LogP contribution in [0.3, 0.4) is 0 Å². The van der Waals surface area contributed by atoms with Crippen LogP contribution in [0.1, 0.15) is 65.7 Å². The van der Waals surface area contributed by atoms with Gasteiger partial charge in [-0.15, -0.1) is 0 Å². The lowest BCUT2D eigenvalue weighted by molar-refractivity contribution is 0.0902. The quantitative estimate of drug-likeness (QED) is 0.869. The predicted octanol–water partition coefficient (Wildman–Crippen LogP) is 3.68. The first-order chi connectivity index (χ1) is 10.9. The molecule has 1 aromatic heterocycles. The van der Waals surface area contributed by atoms with E-state index >= 15 is 0 Å². The molecular formula is C19H22N2O2. The highest BCUT2D eigenvalue weighted by Crippen LogP contribution is 2.36. The molecule has 23 heavy (non-hydrogen) atoms. The first-order valence-corrected chi connectivity index (χ1v) is 8.16. The van der Waals surface area contributed by atoms with E-state index < -0.39 is 0 Å². The van der Waals surface area contributed by atoms with Crippen molar-refractivity contribution < 1.29 is 9.59 Å². The van der Waals surface area contributed by atoms with Crippen molar-refractivity contribution in [2.24, 2.45) is 5.41 Å². The molecule has 0 atom stereocenters. The number of benzene rings is 1. The van der Waals surface area contributed by atoms with Crippen LogP contribution in [0.15, 0.2) is 30.3 Å². The highest BCUT2D eigenvalue weighted by molar-refractivity contribution is 6.02. The number of hydrogen-bond acceptors (Lipinski definition) is 3. The normalized spacial score (nSPS) is 16.2. The van der Waals surface area contributed by atoms with Crippen molar-refractivity contribution >= 4 is 11.7 Å². The van der Waals surface area contributed by atoms with Gasteiger partial charge in [-0.2, -0.15) is 9.78 Å². The van der Waals surface area contributed by atoms with Crippen LogP contribution in [-0.2, 0) is 12.8 Å². The minimum Gasteiger partial charge on any atom is -0.294 e. The highest BCUT2D eigenvalue weighted by Gasteiger charge is 2.37. The van der Waals surface area contributed by atoms with Gasteiger partial charge < -0.3 is 0 Å². The molecule has 0 saturated heterocycles. The van der Waals surface area contributed by atoms with Gasteiger partial charge in [0.1, 0.15) is 0 Å². The average molecular weight is 310 g/mol. The number of Topliss-reactive ketones (excluding diaryl/α,β-unsaturated/α-hetero) is 1. The van der Waals surface area contributed by atoms with Gasteiger partial charge in [-0.05, 0) is 30.4 Å². The topological polar surface area (TPSA) is 52.0 Å². The van der Waals surface area contributed by atoms with Gasteiger partial charge in [-0.1, -0.05) is 45.4 Å². The molecule has 0 unspecified atom stereocenters. The van der Waals surface area contributed by atoms with Gasteiger partial charge in [-0.25, -0.2) is 0 Å². The Morgan fingerprint density at radius 1 is 1.22 bits per heavy atom. The Morgan fingerprint density at radius 2 is 1.91 bits per heavy atom. The summed E-state index contributed by atoms with van der Waals surface area (Å²) in [5, 5.41) is 4.52. The van der Waals surface area contributed by atoms with Crippen LogP contribution < -0.4 is 0 Å². The number of nitrogens with zero attached hydrogens (tertiary/aromatic N) is 2. The van der Waals surface area contributed by atoms with Gasteiger partial charge in [0.15, 0.2) is 5.78 Å². The maximum atomic E-state index is 12.8. The molecule has 0 fully saturated rings. The van der Waals surface area contributed by atoms with Gasteiger partial charge in [0, 0.05) is 12.0 Å². The summed E-state index contributed by atoms with van der Waals surface area (Å²) in [5.41, 5.74) is 2.70. The Balaban J connectivity index is 2.13. The summed E-state index contributed by atoms with van der Waals surface area (Å²) in [6.07, 6.45) is 2.84. The third kappa shape index (κ3) is 2.85. The fourth-order valence-electron chi connectivity index (χ4n) is 3.31. The Bertz CT molecular complexity index is 757. The van der Waals surface area contributed by atoms with Crippen molar-refractivity contribution in [2.75, 3.05) is 0 Å². The molecule has 0 radical (unpaired) electrons. The number of carbonyl (C=O) groups excluding carboxylic acids is 2. The second kappa shape index (κ2) is 5.76. The fraction of sp³-hybridized carbons (Fsp3) is 0.421. The lowest BCUT2D eigenvalue weighted by atomic mass is 9.75. The Kier molecular flexibility index (Phi) is 3.92. The van der Waals surface area contributed by atoms with Crippen LogP contribution in [0.2, 0.25) is 0 Å². The molecule has 2 aromatic rings. The Morgan fingerprint density at radius 3 is 2.57 bits per heavy atom. The van der Waals surface area contributed by atoms with Crippen molar-refractivity contribution in [3.63, 3.8) is 0 Å². The lowest BCUT2D eigenvalue weighted by Gasteiger charge is -2.29. The molecule has 1 aromatic carbocycles. The van der Waals surface area contributed by atoms with Crippen molar-refractivity contribution in [1.29, 1.82) is 0 Å². The molecule has 120 valence electrons. The van der Waals surface area contributed by atoms with E-state index in [-0.39, 0.29) is 17.1 Å². The average Bonchev–Trinajstić information content (AvgIpc) is 2.85. The number of hydrogen-bond donors (Lipinski definition) is 0. The molecular weight excluding hydrogens is 288 g/mol. The summed E-state index contributed by atoms with van der Waals surface area (Å²) >= 11 is 0. The number of ketones is 1. The SMILES string of the molecule is CCCc1nn(C(=O)c2ccccc2)c2c1C(=O)CC(C)(C)C2. The molecule has 0 saturated carbocycles. The minimum absolute atomic E-state index is 0.117. The molecule has 1 aliphatic carbocycles. The first-order valence-electron chi connectivity index (χ1n) is 8.16. The van der Waals surface area contributed by atoms with Gasteiger partial charge in [-0.3, -0.25) is 9.59 Å². The molecule has 0 spiro atoms. The Hall–Kier alpha value is -2.23. The molecule has 4 heteroatoms. The second-order valence-corrected chi connectivity index (χ2v) is 7.04. The van der Waals surface area contributed by atoms with Crippen molar-refractivity contribution in [2.45, 2.75) is 46.5 Å². The molecule has 0 aliphatic heterocycles. The standard InChI is InChI=1S/C19H22N2O2/c1-4-8-14-17-15(11-19(2,3)12-16(17)22)21(20-14)18(23)13-9-6-5-7-10-13/h5-7,9-10H,4,8,11-12H2,1-3H3. The monoisotopic (exact) mass is 310 g/mol. The van der Waals surface area contributed by atoms with E-state index in [9.17, 15) is 9.59 Å². The zero-order valence-corrected chi connectivity index (χ0v) is 13.9. The van der Waals surface area contributed by atoms with E-state index in [0.29, 0.717) is 24.0 Å². The molecule has 1 aliphatic rings. The number of carbonyl (C=O) groups is 2. The summed E-state index contributed by atoms with van der Waals surface area (Å²) < 4.78 is 1.47. The third-order valence-electron chi connectivity index (χ3n) is 4.32. The van der Waals surface area contributed by atoms with E-state index in [0.717, 1.165) is 24.2 Å². The molecule has 4 nitrogen and oxygen atoms in total. The van der Waals surface area contributed by atoms with Crippen LogP contribution in [0, 0.1) is 5.41 Å². The van der Waals surface area contributed by atoms with Crippen molar-refractivity contribution in [3.05, 3.63) is 52.8 Å². The van der Waals surface area contributed by atoms with Crippen LogP contribution in [0.5, 0.6) is 0 Å². The van der Waals surface area contributed by atoms with E-state index in [1.807, 2.05) is 18.2 Å². The Labute approximate surface area is 136 Å².